The SMILES string of the molecule is c1ccc(-c2ccccc2-c2ccccc2-c2cc(-c3ccccc3-c3ccccc3-c3ccccc3)cc(-c3c4ccccc4c(-c4ccc5ccccc5c4)c4ccccc34)c2)cc1. The molecule has 308 valence electrons. The molecule has 12 aromatic carbocycles. The predicted molar refractivity (Wildman–Crippen MR) is 282 cm³/mol. The normalized spacial score (nSPS) is 11.3. The highest BCUT2D eigenvalue weighted by Gasteiger charge is 2.21. The van der Waals surface area contributed by atoms with E-state index >= 15 is 0 Å². The molecule has 66 heavy (non-hydrogen) atoms. The molecule has 0 radical (unpaired) electrons. The van der Waals surface area contributed by atoms with Crippen LogP contribution in [0.2, 0.25) is 0 Å². The molecule has 0 nitrogen and oxygen atoms in total. The molecule has 12 rings (SSSR count). The van der Waals surface area contributed by atoms with Crippen molar-refractivity contribution in [1.82, 2.24) is 0 Å². The van der Waals surface area contributed by atoms with Crippen LogP contribution in [-0.2, 0) is 0 Å². The van der Waals surface area contributed by atoms with E-state index in [-0.39, 0.29) is 0 Å². The molecule has 0 aliphatic carbocycles. The van der Waals surface area contributed by atoms with Crippen molar-refractivity contribution in [3.05, 3.63) is 267 Å². The maximum absolute atomic E-state index is 2.44. The van der Waals surface area contributed by atoms with Gasteiger partial charge in [-0.3, -0.25) is 0 Å². The Hall–Kier alpha value is -8.58. The number of rotatable bonds is 8. The summed E-state index contributed by atoms with van der Waals surface area (Å²) in [4.78, 5) is 0. The van der Waals surface area contributed by atoms with Crippen molar-refractivity contribution >= 4 is 32.3 Å². The third kappa shape index (κ3) is 6.97. The molecule has 0 aliphatic heterocycles. The fourth-order valence-electron chi connectivity index (χ4n) is 10.3. The van der Waals surface area contributed by atoms with Gasteiger partial charge in [-0.05, 0) is 146 Å². The van der Waals surface area contributed by atoms with Gasteiger partial charge < -0.3 is 0 Å². The van der Waals surface area contributed by atoms with Crippen molar-refractivity contribution in [2.24, 2.45) is 0 Å². The summed E-state index contributed by atoms with van der Waals surface area (Å²) in [5, 5.41) is 7.42. The van der Waals surface area contributed by atoms with E-state index in [0.717, 1.165) is 0 Å². The van der Waals surface area contributed by atoms with E-state index in [0.29, 0.717) is 0 Å². The molecule has 0 aliphatic rings. The van der Waals surface area contributed by atoms with Crippen LogP contribution in [0, 0.1) is 0 Å². The Balaban J connectivity index is 1.15. The molecule has 0 bridgehead atoms. The number of hydrogen-bond donors (Lipinski definition) is 0. The van der Waals surface area contributed by atoms with Crippen LogP contribution >= 0.6 is 0 Å². The zero-order chi connectivity index (χ0) is 43.8. The zero-order valence-electron chi connectivity index (χ0n) is 36.4. The highest BCUT2D eigenvalue weighted by atomic mass is 14.2. The van der Waals surface area contributed by atoms with Gasteiger partial charge in [-0.1, -0.05) is 243 Å². The first-order chi connectivity index (χ1) is 32.8. The lowest BCUT2D eigenvalue weighted by molar-refractivity contribution is 1.54. The Morgan fingerprint density at radius 3 is 0.879 bits per heavy atom. The molecule has 0 N–H and O–H groups in total. The molecule has 0 saturated heterocycles. The summed E-state index contributed by atoms with van der Waals surface area (Å²) in [7, 11) is 0. The first-order valence-electron chi connectivity index (χ1n) is 22.8. The monoisotopic (exact) mass is 836 g/mol. The van der Waals surface area contributed by atoms with Crippen molar-refractivity contribution in [1.29, 1.82) is 0 Å². The van der Waals surface area contributed by atoms with Gasteiger partial charge in [0.15, 0.2) is 0 Å². The van der Waals surface area contributed by atoms with Crippen LogP contribution < -0.4 is 0 Å². The number of benzene rings is 12. The molecular formula is C66H44. The summed E-state index contributed by atoms with van der Waals surface area (Å²) in [6.45, 7) is 0. The maximum Gasteiger partial charge on any atom is -0.00259 e. The molecule has 0 fully saturated rings. The minimum atomic E-state index is 1.17. The van der Waals surface area contributed by atoms with Crippen molar-refractivity contribution in [2.75, 3.05) is 0 Å². The minimum Gasteiger partial charge on any atom is -0.0622 e. The molecular weight excluding hydrogens is 793 g/mol. The van der Waals surface area contributed by atoms with Gasteiger partial charge in [0, 0.05) is 0 Å². The fraction of sp³-hybridized carbons (Fsp3) is 0. The Morgan fingerprint density at radius 1 is 0.152 bits per heavy atom. The second kappa shape index (κ2) is 16.8. The number of hydrogen-bond acceptors (Lipinski definition) is 0. The van der Waals surface area contributed by atoms with E-state index in [2.05, 4.69) is 267 Å². The molecule has 0 saturated carbocycles. The summed E-state index contributed by atoms with van der Waals surface area (Å²) in [6.07, 6.45) is 0. The molecule has 0 aromatic heterocycles. The lowest BCUT2D eigenvalue weighted by atomic mass is 9.82. The third-order valence-electron chi connectivity index (χ3n) is 13.3. The van der Waals surface area contributed by atoms with Gasteiger partial charge in [0.05, 0.1) is 0 Å². The van der Waals surface area contributed by atoms with Crippen LogP contribution in [0.5, 0.6) is 0 Å². The quantitative estimate of drug-likeness (QED) is 0.134. The van der Waals surface area contributed by atoms with Crippen molar-refractivity contribution in [2.45, 2.75) is 0 Å². The Bertz CT molecular complexity index is 3540. The fourth-order valence-corrected chi connectivity index (χ4v) is 10.3. The van der Waals surface area contributed by atoms with Gasteiger partial charge in [-0.2, -0.15) is 0 Å². The standard InChI is InChI=1S/C66H44/c1-3-22-46(23-4-1)53-27-9-13-31-57(53)59-33-15-11-29-55(59)50-42-51(56-30-12-16-34-60(56)58-32-14-10-28-54(58)47-24-5-2-6-25-47)44-52(43-50)66-63-37-19-17-35-61(63)65(62-36-18-20-38-64(62)66)49-40-39-45-21-7-8-26-48(45)41-49/h1-44H. The van der Waals surface area contributed by atoms with Gasteiger partial charge in [0.1, 0.15) is 0 Å². The van der Waals surface area contributed by atoms with Crippen molar-refractivity contribution < 1.29 is 0 Å². The van der Waals surface area contributed by atoms with Crippen LogP contribution in [0.15, 0.2) is 267 Å². The van der Waals surface area contributed by atoms with E-state index in [4.69, 9.17) is 0 Å². The van der Waals surface area contributed by atoms with E-state index in [1.807, 2.05) is 0 Å². The Labute approximate surface area is 386 Å². The smallest absolute Gasteiger partial charge is 0.00259 e. The van der Waals surface area contributed by atoms with E-state index in [1.165, 1.54) is 121 Å². The van der Waals surface area contributed by atoms with Gasteiger partial charge in [-0.15, -0.1) is 0 Å². The number of fused-ring (bicyclic) bond motifs is 3. The topological polar surface area (TPSA) is 0 Å². The van der Waals surface area contributed by atoms with Gasteiger partial charge >= 0.3 is 0 Å². The molecule has 0 unspecified atom stereocenters. The average Bonchev–Trinajstić information content (AvgIpc) is 3.40. The highest BCUT2D eigenvalue weighted by molar-refractivity contribution is 6.22. The molecule has 0 spiro atoms. The molecule has 0 amide bonds. The molecule has 0 atom stereocenters. The largest absolute Gasteiger partial charge is 0.0622 e. The molecule has 12 aromatic rings. The average molecular weight is 837 g/mol. The first-order valence-corrected chi connectivity index (χ1v) is 22.8. The zero-order valence-corrected chi connectivity index (χ0v) is 36.4. The van der Waals surface area contributed by atoms with Crippen molar-refractivity contribution in [3.63, 3.8) is 0 Å². The van der Waals surface area contributed by atoms with E-state index in [9.17, 15) is 0 Å². The highest BCUT2D eigenvalue weighted by Crippen LogP contribution is 2.48. The molecule has 0 heterocycles. The third-order valence-corrected chi connectivity index (χ3v) is 13.3. The van der Waals surface area contributed by atoms with Gasteiger partial charge in [0.25, 0.3) is 0 Å². The van der Waals surface area contributed by atoms with Gasteiger partial charge in [0.2, 0.25) is 0 Å². The van der Waals surface area contributed by atoms with Crippen LogP contribution in [-0.4, -0.2) is 0 Å². The molecule has 0 heteroatoms. The van der Waals surface area contributed by atoms with Crippen LogP contribution in [0.4, 0.5) is 0 Å². The minimum absolute atomic E-state index is 1.17. The van der Waals surface area contributed by atoms with Crippen LogP contribution in [0.25, 0.3) is 121 Å². The first kappa shape index (κ1) is 39.0. The van der Waals surface area contributed by atoms with Crippen LogP contribution in [0.3, 0.4) is 0 Å². The maximum atomic E-state index is 2.44. The lowest BCUT2D eigenvalue weighted by Crippen LogP contribution is -1.94. The second-order valence-corrected chi connectivity index (χ2v) is 17.1. The Kier molecular flexibility index (Phi) is 9.97. The summed E-state index contributed by atoms with van der Waals surface area (Å²) >= 11 is 0. The summed E-state index contributed by atoms with van der Waals surface area (Å²) in [6, 6.07) is 98.0. The lowest BCUT2D eigenvalue weighted by Gasteiger charge is -2.21. The second-order valence-electron chi connectivity index (χ2n) is 17.1. The van der Waals surface area contributed by atoms with E-state index < -0.39 is 0 Å². The summed E-state index contributed by atoms with van der Waals surface area (Å²) in [5.41, 5.74) is 19.2. The van der Waals surface area contributed by atoms with Crippen molar-refractivity contribution in [3.8, 4) is 89.0 Å². The Morgan fingerprint density at radius 2 is 0.455 bits per heavy atom. The summed E-state index contributed by atoms with van der Waals surface area (Å²) < 4.78 is 0. The predicted octanol–water partition coefficient (Wildman–Crippen LogP) is 18.5. The summed E-state index contributed by atoms with van der Waals surface area (Å²) in [5.74, 6) is 0. The van der Waals surface area contributed by atoms with E-state index in [1.54, 1.807) is 0 Å². The van der Waals surface area contributed by atoms with Crippen LogP contribution in [0.1, 0.15) is 0 Å². The van der Waals surface area contributed by atoms with Gasteiger partial charge in [-0.25, -0.2) is 0 Å².